The molecule has 0 heterocycles. The van der Waals surface area contributed by atoms with Crippen LogP contribution in [0.4, 0.5) is 4.39 Å². The molecule has 0 saturated heterocycles. The van der Waals surface area contributed by atoms with Crippen molar-refractivity contribution in [2.45, 2.75) is 18.9 Å². The normalized spacial score (nSPS) is 19.2. The van der Waals surface area contributed by atoms with Gasteiger partial charge in [0.2, 0.25) is 0 Å². The smallest absolute Gasteiger partial charge is 0.123 e. The van der Waals surface area contributed by atoms with E-state index in [2.05, 4.69) is 11.4 Å². The second-order valence-corrected chi connectivity index (χ2v) is 5.89. The molecule has 2 aromatic rings. The minimum atomic E-state index is -0.220. The van der Waals surface area contributed by atoms with Gasteiger partial charge in [-0.05, 0) is 54.6 Å². The van der Waals surface area contributed by atoms with Gasteiger partial charge in [-0.3, -0.25) is 0 Å². The van der Waals surface area contributed by atoms with E-state index in [4.69, 9.17) is 10.00 Å². The highest BCUT2D eigenvalue weighted by molar-refractivity contribution is 5.40. The van der Waals surface area contributed by atoms with Crippen molar-refractivity contribution in [3.8, 4) is 11.8 Å². The van der Waals surface area contributed by atoms with Crippen molar-refractivity contribution >= 4 is 0 Å². The Hall–Kier alpha value is -2.38. The standard InChI is InChI=1S/C19H19FN2O/c1-23-19-7-6-16(20)9-18(19)17-8-15(17)12-22-11-14-5-3-2-4-13(14)10-21/h2-7,9,15,17,22H,8,11-12H2,1H3. The van der Waals surface area contributed by atoms with E-state index in [0.29, 0.717) is 23.9 Å². The lowest BCUT2D eigenvalue weighted by Crippen LogP contribution is -2.17. The van der Waals surface area contributed by atoms with Gasteiger partial charge in [0.25, 0.3) is 0 Å². The van der Waals surface area contributed by atoms with Crippen molar-refractivity contribution in [3.63, 3.8) is 0 Å². The van der Waals surface area contributed by atoms with Gasteiger partial charge >= 0.3 is 0 Å². The van der Waals surface area contributed by atoms with E-state index in [0.717, 1.165) is 29.8 Å². The Morgan fingerprint density at radius 1 is 1.30 bits per heavy atom. The molecule has 1 fully saturated rings. The molecule has 0 aromatic heterocycles. The van der Waals surface area contributed by atoms with Crippen LogP contribution in [-0.4, -0.2) is 13.7 Å². The van der Waals surface area contributed by atoms with Gasteiger partial charge in [-0.15, -0.1) is 0 Å². The predicted octanol–water partition coefficient (Wildman–Crippen LogP) is 3.60. The van der Waals surface area contributed by atoms with Crippen LogP contribution in [0.1, 0.15) is 29.0 Å². The lowest BCUT2D eigenvalue weighted by Gasteiger charge is -2.09. The molecule has 1 aliphatic rings. The number of benzene rings is 2. The van der Waals surface area contributed by atoms with Gasteiger partial charge in [0.1, 0.15) is 11.6 Å². The summed E-state index contributed by atoms with van der Waals surface area (Å²) < 4.78 is 18.8. The minimum Gasteiger partial charge on any atom is -0.496 e. The number of hydrogen-bond acceptors (Lipinski definition) is 3. The third kappa shape index (κ3) is 3.52. The highest BCUT2D eigenvalue weighted by Gasteiger charge is 2.39. The maximum Gasteiger partial charge on any atom is 0.123 e. The average molecular weight is 310 g/mol. The summed E-state index contributed by atoms with van der Waals surface area (Å²) in [6.07, 6.45) is 1.03. The molecule has 0 spiro atoms. The molecular formula is C19H19FN2O. The van der Waals surface area contributed by atoms with Gasteiger partial charge < -0.3 is 10.1 Å². The van der Waals surface area contributed by atoms with Crippen LogP contribution < -0.4 is 10.1 Å². The fourth-order valence-corrected chi connectivity index (χ4v) is 3.02. The van der Waals surface area contributed by atoms with Gasteiger partial charge in [0.15, 0.2) is 0 Å². The topological polar surface area (TPSA) is 45.0 Å². The molecule has 2 unspecified atom stereocenters. The van der Waals surface area contributed by atoms with E-state index in [9.17, 15) is 4.39 Å². The monoisotopic (exact) mass is 310 g/mol. The zero-order chi connectivity index (χ0) is 16.2. The summed E-state index contributed by atoms with van der Waals surface area (Å²) in [5.41, 5.74) is 2.67. The largest absolute Gasteiger partial charge is 0.496 e. The van der Waals surface area contributed by atoms with E-state index in [-0.39, 0.29) is 5.82 Å². The summed E-state index contributed by atoms with van der Waals surface area (Å²) >= 11 is 0. The van der Waals surface area contributed by atoms with Crippen LogP contribution in [0.3, 0.4) is 0 Å². The van der Waals surface area contributed by atoms with Crippen LogP contribution in [-0.2, 0) is 6.54 Å². The number of hydrogen-bond donors (Lipinski definition) is 1. The Morgan fingerprint density at radius 2 is 2.13 bits per heavy atom. The molecule has 1 N–H and O–H groups in total. The number of nitriles is 1. The molecule has 1 aliphatic carbocycles. The number of ether oxygens (including phenoxy) is 1. The van der Waals surface area contributed by atoms with E-state index in [1.165, 1.54) is 6.07 Å². The molecule has 0 radical (unpaired) electrons. The lowest BCUT2D eigenvalue weighted by atomic mass is 10.1. The van der Waals surface area contributed by atoms with Crippen LogP contribution in [0, 0.1) is 23.1 Å². The van der Waals surface area contributed by atoms with Gasteiger partial charge in [-0.25, -0.2) is 4.39 Å². The molecule has 118 valence electrons. The second kappa shape index (κ2) is 6.80. The number of rotatable bonds is 6. The van der Waals surface area contributed by atoms with Crippen molar-refractivity contribution in [2.24, 2.45) is 5.92 Å². The van der Waals surface area contributed by atoms with E-state index < -0.39 is 0 Å². The molecule has 3 rings (SSSR count). The fourth-order valence-electron chi connectivity index (χ4n) is 3.02. The van der Waals surface area contributed by atoms with Crippen LogP contribution >= 0.6 is 0 Å². The Labute approximate surface area is 135 Å². The van der Waals surface area contributed by atoms with Crippen molar-refractivity contribution < 1.29 is 9.13 Å². The zero-order valence-corrected chi connectivity index (χ0v) is 13.1. The molecule has 4 heteroatoms. The van der Waals surface area contributed by atoms with Crippen LogP contribution in [0.5, 0.6) is 5.75 Å². The molecule has 3 nitrogen and oxygen atoms in total. The van der Waals surface area contributed by atoms with Gasteiger partial charge in [0, 0.05) is 12.1 Å². The Kier molecular flexibility index (Phi) is 4.59. The first-order chi connectivity index (χ1) is 11.2. The van der Waals surface area contributed by atoms with Crippen LogP contribution in [0.25, 0.3) is 0 Å². The first kappa shape index (κ1) is 15.5. The van der Waals surface area contributed by atoms with E-state index >= 15 is 0 Å². The average Bonchev–Trinajstić information content (AvgIpc) is 3.34. The number of nitrogens with one attached hydrogen (secondary N) is 1. The number of halogens is 1. The fraction of sp³-hybridized carbons (Fsp3) is 0.316. The third-order valence-corrected chi connectivity index (χ3v) is 4.37. The minimum absolute atomic E-state index is 0.220. The van der Waals surface area contributed by atoms with Gasteiger partial charge in [-0.1, -0.05) is 18.2 Å². The summed E-state index contributed by atoms with van der Waals surface area (Å²) in [4.78, 5) is 0. The predicted molar refractivity (Wildman–Crippen MR) is 86.7 cm³/mol. The summed E-state index contributed by atoms with van der Waals surface area (Å²) in [6, 6.07) is 14.5. The van der Waals surface area contributed by atoms with Gasteiger partial charge in [0.05, 0.1) is 18.7 Å². The maximum absolute atomic E-state index is 13.5. The van der Waals surface area contributed by atoms with Crippen molar-refractivity contribution in [1.82, 2.24) is 5.32 Å². The Bertz CT molecular complexity index is 738. The molecule has 2 aromatic carbocycles. The highest BCUT2D eigenvalue weighted by Crippen LogP contribution is 2.50. The maximum atomic E-state index is 13.5. The molecule has 0 aliphatic heterocycles. The Balaban J connectivity index is 1.56. The lowest BCUT2D eigenvalue weighted by molar-refractivity contribution is 0.407. The zero-order valence-electron chi connectivity index (χ0n) is 13.1. The van der Waals surface area contributed by atoms with Crippen LogP contribution in [0.15, 0.2) is 42.5 Å². The molecule has 1 saturated carbocycles. The molecule has 23 heavy (non-hydrogen) atoms. The van der Waals surface area contributed by atoms with Gasteiger partial charge in [-0.2, -0.15) is 5.26 Å². The van der Waals surface area contributed by atoms with Crippen LogP contribution in [0.2, 0.25) is 0 Å². The first-order valence-corrected chi connectivity index (χ1v) is 7.75. The summed E-state index contributed by atoms with van der Waals surface area (Å²) in [6.45, 7) is 1.53. The third-order valence-electron chi connectivity index (χ3n) is 4.37. The number of methoxy groups -OCH3 is 1. The number of nitrogens with zero attached hydrogens (tertiary/aromatic N) is 1. The Morgan fingerprint density at radius 3 is 2.91 bits per heavy atom. The quantitative estimate of drug-likeness (QED) is 0.886. The van der Waals surface area contributed by atoms with Crippen molar-refractivity contribution in [3.05, 3.63) is 65.0 Å². The molecular weight excluding hydrogens is 291 g/mol. The second-order valence-electron chi connectivity index (χ2n) is 5.89. The van der Waals surface area contributed by atoms with Crippen molar-refractivity contribution in [1.29, 1.82) is 5.26 Å². The summed E-state index contributed by atoms with van der Waals surface area (Å²) in [5.74, 6) is 1.37. The summed E-state index contributed by atoms with van der Waals surface area (Å²) in [5, 5.41) is 12.5. The van der Waals surface area contributed by atoms with E-state index in [1.807, 2.05) is 24.3 Å². The molecule has 0 bridgehead atoms. The molecule has 2 atom stereocenters. The van der Waals surface area contributed by atoms with E-state index in [1.54, 1.807) is 19.2 Å². The highest BCUT2D eigenvalue weighted by atomic mass is 19.1. The SMILES string of the molecule is COc1ccc(F)cc1C1CC1CNCc1ccccc1C#N. The van der Waals surface area contributed by atoms with Crippen molar-refractivity contribution in [2.75, 3.05) is 13.7 Å². The summed E-state index contributed by atoms with van der Waals surface area (Å²) in [7, 11) is 1.62. The first-order valence-electron chi connectivity index (χ1n) is 7.75. The molecule has 0 amide bonds.